The van der Waals surface area contributed by atoms with Gasteiger partial charge < -0.3 is 14.7 Å². The summed E-state index contributed by atoms with van der Waals surface area (Å²) in [7, 11) is 0. The fourth-order valence-electron chi connectivity index (χ4n) is 5.00. The molecular weight excluding hydrogens is 544 g/mol. The number of rotatable bonds is 8. The molecule has 0 radical (unpaired) electrons. The first kappa shape index (κ1) is 30.3. The van der Waals surface area contributed by atoms with E-state index in [0.717, 1.165) is 38.5 Å². The summed E-state index contributed by atoms with van der Waals surface area (Å²) in [6, 6.07) is 12.1. The first-order valence-corrected chi connectivity index (χ1v) is 15.4. The zero-order valence-corrected chi connectivity index (χ0v) is 25.6. The lowest BCUT2D eigenvalue weighted by Gasteiger charge is -2.41. The first-order chi connectivity index (χ1) is 19.1. The number of nitrogens with zero attached hydrogens (tertiary/aromatic N) is 6. The minimum Gasteiger partial charge on any atom is -0.353 e. The minimum atomic E-state index is -0.0366. The van der Waals surface area contributed by atoms with E-state index in [4.69, 9.17) is 16.6 Å². The van der Waals surface area contributed by atoms with E-state index in [-0.39, 0.29) is 29.0 Å². The van der Waals surface area contributed by atoms with Crippen molar-refractivity contribution in [2.45, 2.75) is 45.3 Å². The lowest BCUT2D eigenvalue weighted by atomic mass is 9.91. The van der Waals surface area contributed by atoms with Gasteiger partial charge in [0.15, 0.2) is 5.16 Å². The van der Waals surface area contributed by atoms with E-state index < -0.39 is 0 Å². The fourth-order valence-corrected chi connectivity index (χ4v) is 5.99. The molecule has 1 unspecified atom stereocenters. The summed E-state index contributed by atoms with van der Waals surface area (Å²) in [5.74, 6) is 1.30. The van der Waals surface area contributed by atoms with Gasteiger partial charge in [-0.3, -0.25) is 14.5 Å². The number of thioether (sulfide) groups is 1. The van der Waals surface area contributed by atoms with Crippen LogP contribution in [0, 0.1) is 5.41 Å². The van der Waals surface area contributed by atoms with Gasteiger partial charge in [0.25, 0.3) is 0 Å². The summed E-state index contributed by atoms with van der Waals surface area (Å²) < 4.78 is 0. The molecule has 2 saturated heterocycles. The highest BCUT2D eigenvalue weighted by Gasteiger charge is 2.30. The zero-order valence-electron chi connectivity index (χ0n) is 24.1. The van der Waals surface area contributed by atoms with Gasteiger partial charge in [0.1, 0.15) is 11.0 Å². The molecule has 4 rings (SSSR count). The van der Waals surface area contributed by atoms with Crippen molar-refractivity contribution in [3.05, 3.63) is 53.2 Å². The molecule has 8 nitrogen and oxygen atoms in total. The smallest absolute Gasteiger partial charge is 0.233 e. The molecule has 216 valence electrons. The predicted octanol–water partition coefficient (Wildman–Crippen LogP) is 4.55. The highest BCUT2D eigenvalue weighted by Crippen LogP contribution is 2.26. The second-order valence-corrected chi connectivity index (χ2v) is 13.1. The molecule has 1 aromatic carbocycles. The van der Waals surface area contributed by atoms with Crippen LogP contribution >= 0.6 is 23.4 Å². The highest BCUT2D eigenvalue weighted by molar-refractivity contribution is 7.99. The molecule has 0 bridgehead atoms. The number of hydrogen-bond donors (Lipinski definition) is 0. The number of carbonyl (C=O) groups is 2. The van der Waals surface area contributed by atoms with Crippen molar-refractivity contribution in [2.75, 3.05) is 63.0 Å². The maximum Gasteiger partial charge on any atom is 0.233 e. The van der Waals surface area contributed by atoms with Crippen LogP contribution < -0.4 is 4.90 Å². The number of piperazine rings is 2. The van der Waals surface area contributed by atoms with E-state index in [2.05, 4.69) is 66.8 Å². The van der Waals surface area contributed by atoms with Crippen molar-refractivity contribution in [1.29, 1.82) is 0 Å². The molecule has 0 saturated carbocycles. The van der Waals surface area contributed by atoms with E-state index >= 15 is 0 Å². The lowest BCUT2D eigenvalue weighted by molar-refractivity contribution is -0.135. The highest BCUT2D eigenvalue weighted by atomic mass is 35.5. The van der Waals surface area contributed by atoms with Gasteiger partial charge in [-0.15, -0.1) is 0 Å². The van der Waals surface area contributed by atoms with Crippen LogP contribution in [0.25, 0.3) is 6.08 Å². The Morgan fingerprint density at radius 1 is 1.02 bits per heavy atom. The molecule has 40 heavy (non-hydrogen) atoms. The van der Waals surface area contributed by atoms with Crippen molar-refractivity contribution in [3.63, 3.8) is 0 Å². The van der Waals surface area contributed by atoms with Gasteiger partial charge >= 0.3 is 0 Å². The molecule has 2 aromatic rings. The van der Waals surface area contributed by atoms with Crippen molar-refractivity contribution in [3.8, 4) is 0 Å². The number of amides is 2. The van der Waals surface area contributed by atoms with E-state index in [1.165, 1.54) is 17.3 Å². The SMILES string of the molecule is CC1CN(c2cc(Cl)nc(SCC(=O)N3CCN(CC=Cc4ccccc4)CC3)n2)CCN1C(=O)CC(C)(C)C. The van der Waals surface area contributed by atoms with Gasteiger partial charge in [-0.05, 0) is 17.9 Å². The summed E-state index contributed by atoms with van der Waals surface area (Å²) in [6.45, 7) is 14.4. The largest absolute Gasteiger partial charge is 0.353 e. The van der Waals surface area contributed by atoms with Crippen LogP contribution in [0.5, 0.6) is 0 Å². The molecule has 1 aromatic heterocycles. The molecule has 3 heterocycles. The van der Waals surface area contributed by atoms with Crippen LogP contribution in [0.2, 0.25) is 5.15 Å². The molecule has 1 atom stereocenters. The van der Waals surface area contributed by atoms with Gasteiger partial charge in [-0.2, -0.15) is 0 Å². The Morgan fingerprint density at radius 2 is 1.75 bits per heavy atom. The lowest BCUT2D eigenvalue weighted by Crippen LogP contribution is -2.54. The van der Waals surface area contributed by atoms with E-state index in [1.54, 1.807) is 6.07 Å². The van der Waals surface area contributed by atoms with Gasteiger partial charge in [-0.25, -0.2) is 9.97 Å². The van der Waals surface area contributed by atoms with Gasteiger partial charge in [-0.1, -0.05) is 86.6 Å². The Hall–Kier alpha value is -2.62. The van der Waals surface area contributed by atoms with E-state index in [9.17, 15) is 9.59 Å². The summed E-state index contributed by atoms with van der Waals surface area (Å²) in [6.07, 6.45) is 4.85. The molecule has 2 aliphatic heterocycles. The third kappa shape index (κ3) is 8.94. The van der Waals surface area contributed by atoms with Crippen LogP contribution in [0.3, 0.4) is 0 Å². The maximum atomic E-state index is 12.9. The number of aromatic nitrogens is 2. The average Bonchev–Trinajstić information content (AvgIpc) is 2.91. The topological polar surface area (TPSA) is 72.9 Å². The molecule has 0 aliphatic carbocycles. The Balaban J connectivity index is 1.24. The Labute approximate surface area is 247 Å². The molecule has 2 amide bonds. The monoisotopic (exact) mass is 584 g/mol. The van der Waals surface area contributed by atoms with E-state index in [0.29, 0.717) is 36.4 Å². The Bertz CT molecular complexity index is 1180. The number of benzene rings is 1. The molecule has 10 heteroatoms. The van der Waals surface area contributed by atoms with Crippen LogP contribution in [-0.2, 0) is 9.59 Å². The Morgan fingerprint density at radius 3 is 2.42 bits per heavy atom. The van der Waals surface area contributed by atoms with Crippen LogP contribution in [0.15, 0.2) is 47.6 Å². The predicted molar refractivity (Wildman–Crippen MR) is 164 cm³/mol. The standard InChI is InChI=1S/C30H41ClN6O2S/c1-23-21-36(17-18-37(23)27(38)20-30(2,3)4)26-19-25(31)32-29(33-26)40-22-28(39)35-15-13-34(14-16-35)12-8-11-24-9-6-5-7-10-24/h5-11,19,23H,12-18,20-22H2,1-4H3. The minimum absolute atomic E-state index is 0.0366. The van der Waals surface area contributed by atoms with E-state index in [1.807, 2.05) is 28.0 Å². The Kier molecular flexibility index (Phi) is 10.5. The van der Waals surface area contributed by atoms with Crippen molar-refractivity contribution in [1.82, 2.24) is 24.7 Å². The molecule has 2 aliphatic rings. The first-order valence-electron chi connectivity index (χ1n) is 14.0. The van der Waals surface area contributed by atoms with Crippen LogP contribution in [0.1, 0.15) is 39.7 Å². The summed E-state index contributed by atoms with van der Waals surface area (Å²) >= 11 is 7.68. The molecule has 0 spiro atoms. The van der Waals surface area contributed by atoms with Crippen molar-refractivity contribution >= 4 is 47.1 Å². The third-order valence-electron chi connectivity index (χ3n) is 7.14. The van der Waals surface area contributed by atoms with Gasteiger partial charge in [0.2, 0.25) is 11.8 Å². The van der Waals surface area contributed by atoms with Gasteiger partial charge in [0.05, 0.1) is 5.75 Å². The van der Waals surface area contributed by atoms with Crippen LogP contribution in [0.4, 0.5) is 5.82 Å². The molecule has 2 fully saturated rings. The van der Waals surface area contributed by atoms with Gasteiger partial charge in [0, 0.05) is 70.9 Å². The second kappa shape index (κ2) is 13.8. The molecular formula is C30H41ClN6O2S. The van der Waals surface area contributed by atoms with Crippen molar-refractivity contribution < 1.29 is 9.59 Å². The normalized spacial score (nSPS) is 18.9. The average molecular weight is 585 g/mol. The summed E-state index contributed by atoms with van der Waals surface area (Å²) in [5.41, 5.74) is 1.16. The number of hydrogen-bond acceptors (Lipinski definition) is 7. The van der Waals surface area contributed by atoms with Crippen LogP contribution in [-0.4, -0.2) is 101 Å². The zero-order chi connectivity index (χ0) is 28.7. The number of halogens is 1. The fraction of sp³-hybridized carbons (Fsp3) is 0.533. The van der Waals surface area contributed by atoms with Crippen molar-refractivity contribution in [2.24, 2.45) is 5.41 Å². The molecule has 0 N–H and O–H groups in total. The quantitative estimate of drug-likeness (QED) is 0.256. The maximum absolute atomic E-state index is 12.9. The summed E-state index contributed by atoms with van der Waals surface area (Å²) in [4.78, 5) is 43.2. The second-order valence-electron chi connectivity index (χ2n) is 11.7. The number of carbonyl (C=O) groups excluding carboxylic acids is 2. The number of anilines is 1. The summed E-state index contributed by atoms with van der Waals surface area (Å²) in [5, 5.41) is 0.857. The third-order valence-corrected chi connectivity index (χ3v) is 8.16.